The first kappa shape index (κ1) is 9.66. The van der Waals surface area contributed by atoms with Gasteiger partial charge in [0.05, 0.1) is 11.3 Å². The molecule has 0 saturated heterocycles. The Morgan fingerprint density at radius 1 is 1.73 bits per heavy atom. The summed E-state index contributed by atoms with van der Waals surface area (Å²) in [5.74, 6) is 0.590. The minimum Gasteiger partial charge on any atom is -0.325 e. The second-order valence-electron chi connectivity index (χ2n) is 3.84. The fourth-order valence-electron chi connectivity index (χ4n) is 1.51. The van der Waals surface area contributed by atoms with Crippen LogP contribution in [-0.4, -0.2) is 10.9 Å². The summed E-state index contributed by atoms with van der Waals surface area (Å²) in [6.07, 6.45) is 3.96. The molecule has 1 saturated carbocycles. The number of carbonyl (C=O) groups excluding carboxylic acids is 1. The Kier molecular flexibility index (Phi) is 2.38. The molecule has 1 amide bonds. The molecule has 4 heteroatoms. The molecular weight excluding hydrogens is 190 g/mol. The van der Waals surface area contributed by atoms with Gasteiger partial charge in [-0.2, -0.15) is 5.26 Å². The molecule has 1 aromatic heterocycles. The average Bonchev–Trinajstić information content (AvgIpc) is 2.96. The predicted octanol–water partition coefficient (Wildman–Crippen LogP) is 1.55. The van der Waals surface area contributed by atoms with Crippen molar-refractivity contribution in [2.45, 2.75) is 13.3 Å². The summed E-state index contributed by atoms with van der Waals surface area (Å²) in [4.78, 5) is 15.4. The van der Waals surface area contributed by atoms with Crippen LogP contribution in [0.3, 0.4) is 0 Å². The number of hydrogen-bond donors (Lipinski definition) is 1. The van der Waals surface area contributed by atoms with Gasteiger partial charge in [-0.3, -0.25) is 9.78 Å². The zero-order chi connectivity index (χ0) is 10.8. The highest BCUT2D eigenvalue weighted by Crippen LogP contribution is 2.38. The Bertz CT molecular complexity index is 436. The molecule has 15 heavy (non-hydrogen) atoms. The monoisotopic (exact) mass is 201 g/mol. The van der Waals surface area contributed by atoms with Crippen molar-refractivity contribution >= 4 is 11.6 Å². The van der Waals surface area contributed by atoms with Crippen molar-refractivity contribution in [3.05, 3.63) is 24.0 Å². The molecule has 1 aliphatic carbocycles. The van der Waals surface area contributed by atoms with E-state index < -0.39 is 0 Å². The number of rotatable bonds is 2. The maximum Gasteiger partial charge on any atom is 0.227 e. The first-order chi connectivity index (χ1) is 7.22. The number of amides is 1. The number of pyridine rings is 1. The Morgan fingerprint density at radius 2 is 2.47 bits per heavy atom. The van der Waals surface area contributed by atoms with Crippen LogP contribution in [0, 0.1) is 23.2 Å². The molecule has 76 valence electrons. The predicted molar refractivity (Wildman–Crippen MR) is 54.9 cm³/mol. The van der Waals surface area contributed by atoms with E-state index in [9.17, 15) is 4.79 Å². The zero-order valence-electron chi connectivity index (χ0n) is 8.40. The smallest absolute Gasteiger partial charge is 0.227 e. The summed E-state index contributed by atoms with van der Waals surface area (Å²) in [6.45, 7) is 2.04. The van der Waals surface area contributed by atoms with E-state index >= 15 is 0 Å². The van der Waals surface area contributed by atoms with E-state index in [1.54, 1.807) is 12.3 Å². The lowest BCUT2D eigenvalue weighted by Crippen LogP contribution is -2.15. The van der Waals surface area contributed by atoms with E-state index in [1.807, 2.05) is 13.0 Å². The molecule has 1 aliphatic rings. The molecule has 0 spiro atoms. The quantitative estimate of drug-likeness (QED) is 0.789. The molecule has 4 nitrogen and oxygen atoms in total. The summed E-state index contributed by atoms with van der Waals surface area (Å²) in [7, 11) is 0. The van der Waals surface area contributed by atoms with Gasteiger partial charge in [0.15, 0.2) is 0 Å². The minimum atomic E-state index is 0.00481. The normalized spacial score (nSPS) is 22.9. The maximum atomic E-state index is 11.6. The lowest BCUT2D eigenvalue weighted by Gasteiger charge is -2.05. The second-order valence-corrected chi connectivity index (χ2v) is 3.84. The highest BCUT2D eigenvalue weighted by molar-refractivity contribution is 5.95. The van der Waals surface area contributed by atoms with Crippen molar-refractivity contribution in [3.8, 4) is 6.07 Å². The van der Waals surface area contributed by atoms with Gasteiger partial charge in [0.25, 0.3) is 0 Å². The molecule has 0 radical (unpaired) electrons. The summed E-state index contributed by atoms with van der Waals surface area (Å²) in [5, 5.41) is 11.5. The van der Waals surface area contributed by atoms with Crippen molar-refractivity contribution in [2.75, 3.05) is 5.32 Å². The van der Waals surface area contributed by atoms with Gasteiger partial charge < -0.3 is 5.32 Å². The number of nitrogens with zero attached hydrogens (tertiary/aromatic N) is 2. The van der Waals surface area contributed by atoms with Crippen molar-refractivity contribution < 1.29 is 4.79 Å². The summed E-state index contributed by atoms with van der Waals surface area (Å²) in [6, 6.07) is 3.64. The van der Waals surface area contributed by atoms with E-state index in [-0.39, 0.29) is 11.8 Å². The van der Waals surface area contributed by atoms with Gasteiger partial charge in [0.2, 0.25) is 5.91 Å². The van der Waals surface area contributed by atoms with Crippen LogP contribution in [0.25, 0.3) is 0 Å². The third kappa shape index (κ3) is 1.96. The number of nitriles is 1. The first-order valence-electron chi connectivity index (χ1n) is 4.87. The highest BCUT2D eigenvalue weighted by Gasteiger charge is 2.39. The van der Waals surface area contributed by atoms with E-state index in [2.05, 4.69) is 10.3 Å². The standard InChI is InChI=1S/C11H11N3O/c1-7-4-9(7)11(15)14-10-2-3-13-6-8(10)5-12/h2-3,6-7,9H,4H2,1H3,(H,13,14,15). The topological polar surface area (TPSA) is 65.8 Å². The van der Waals surface area contributed by atoms with Crippen LogP contribution in [0.4, 0.5) is 5.69 Å². The molecule has 2 unspecified atom stereocenters. The molecule has 1 heterocycles. The lowest BCUT2D eigenvalue weighted by atomic mass is 10.2. The summed E-state index contributed by atoms with van der Waals surface area (Å²) >= 11 is 0. The van der Waals surface area contributed by atoms with Gasteiger partial charge >= 0.3 is 0 Å². The van der Waals surface area contributed by atoms with Crippen LogP contribution in [0.1, 0.15) is 18.9 Å². The third-order valence-corrected chi connectivity index (χ3v) is 2.65. The molecule has 2 rings (SSSR count). The lowest BCUT2D eigenvalue weighted by molar-refractivity contribution is -0.117. The largest absolute Gasteiger partial charge is 0.325 e. The van der Waals surface area contributed by atoms with Gasteiger partial charge in [-0.05, 0) is 18.4 Å². The molecule has 2 atom stereocenters. The molecule has 1 N–H and O–H groups in total. The van der Waals surface area contributed by atoms with Gasteiger partial charge in [-0.25, -0.2) is 0 Å². The van der Waals surface area contributed by atoms with Crippen LogP contribution in [-0.2, 0) is 4.79 Å². The Morgan fingerprint density at radius 3 is 3.07 bits per heavy atom. The molecular formula is C11H11N3O. The Hall–Kier alpha value is -1.89. The van der Waals surface area contributed by atoms with Crippen molar-refractivity contribution in [2.24, 2.45) is 11.8 Å². The zero-order valence-corrected chi connectivity index (χ0v) is 8.40. The summed E-state index contributed by atoms with van der Waals surface area (Å²) in [5.41, 5.74) is 0.954. The van der Waals surface area contributed by atoms with Crippen molar-refractivity contribution in [3.63, 3.8) is 0 Å². The number of aromatic nitrogens is 1. The SMILES string of the molecule is CC1CC1C(=O)Nc1ccncc1C#N. The molecule has 0 bridgehead atoms. The molecule has 1 aromatic rings. The van der Waals surface area contributed by atoms with Gasteiger partial charge in [-0.15, -0.1) is 0 Å². The molecule has 0 aromatic carbocycles. The fourth-order valence-corrected chi connectivity index (χ4v) is 1.51. The fraction of sp³-hybridized carbons (Fsp3) is 0.364. The van der Waals surface area contributed by atoms with Crippen LogP contribution < -0.4 is 5.32 Å². The number of carbonyl (C=O) groups is 1. The van der Waals surface area contributed by atoms with Crippen LogP contribution >= 0.6 is 0 Å². The van der Waals surface area contributed by atoms with Crippen molar-refractivity contribution in [1.29, 1.82) is 5.26 Å². The Balaban J connectivity index is 2.11. The first-order valence-corrected chi connectivity index (χ1v) is 4.87. The number of hydrogen-bond acceptors (Lipinski definition) is 3. The van der Waals surface area contributed by atoms with E-state index in [0.29, 0.717) is 17.2 Å². The van der Waals surface area contributed by atoms with Gasteiger partial charge in [-0.1, -0.05) is 6.92 Å². The maximum absolute atomic E-state index is 11.6. The van der Waals surface area contributed by atoms with E-state index in [0.717, 1.165) is 6.42 Å². The number of nitrogens with one attached hydrogen (secondary N) is 1. The van der Waals surface area contributed by atoms with Crippen molar-refractivity contribution in [1.82, 2.24) is 4.98 Å². The van der Waals surface area contributed by atoms with Crippen LogP contribution in [0.15, 0.2) is 18.5 Å². The second kappa shape index (κ2) is 3.70. The molecule has 0 aliphatic heterocycles. The number of anilines is 1. The van der Waals surface area contributed by atoms with E-state index in [4.69, 9.17) is 5.26 Å². The molecule has 1 fully saturated rings. The van der Waals surface area contributed by atoms with Gasteiger partial charge in [0, 0.05) is 18.3 Å². The van der Waals surface area contributed by atoms with Crippen LogP contribution in [0.2, 0.25) is 0 Å². The third-order valence-electron chi connectivity index (χ3n) is 2.65. The van der Waals surface area contributed by atoms with E-state index in [1.165, 1.54) is 6.20 Å². The average molecular weight is 201 g/mol. The summed E-state index contributed by atoms with van der Waals surface area (Å²) < 4.78 is 0. The minimum absolute atomic E-state index is 0.00481. The van der Waals surface area contributed by atoms with Crippen LogP contribution in [0.5, 0.6) is 0 Å². The highest BCUT2D eigenvalue weighted by atomic mass is 16.2. The van der Waals surface area contributed by atoms with Gasteiger partial charge in [0.1, 0.15) is 6.07 Å². The Labute approximate surface area is 87.9 Å².